The number of rotatable bonds is 8. The molecule has 0 fully saturated rings. The molecule has 0 bridgehead atoms. The second-order valence-electron chi connectivity index (χ2n) is 7.69. The minimum absolute atomic E-state index is 0.0882. The van der Waals surface area contributed by atoms with E-state index in [1.165, 1.54) is 23.5 Å². The van der Waals surface area contributed by atoms with Gasteiger partial charge in [-0.3, -0.25) is 9.59 Å². The summed E-state index contributed by atoms with van der Waals surface area (Å²) in [4.78, 5) is 37.4. The van der Waals surface area contributed by atoms with Crippen LogP contribution >= 0.6 is 0 Å². The van der Waals surface area contributed by atoms with Gasteiger partial charge in [0.25, 0.3) is 11.8 Å². The first-order valence-electron chi connectivity index (χ1n) is 10.5. The molecule has 1 aliphatic rings. The molecule has 1 heterocycles. The summed E-state index contributed by atoms with van der Waals surface area (Å²) in [7, 11) is 0. The SMILES string of the molecule is O=C(COC(=O)[C@H](Cc1ccccc1)NC(=O)c1ccco1)Nc1ccc2c(c1)CCC2. The van der Waals surface area contributed by atoms with Crippen molar-refractivity contribution in [2.45, 2.75) is 31.7 Å². The predicted molar refractivity (Wildman–Crippen MR) is 118 cm³/mol. The van der Waals surface area contributed by atoms with Crippen LogP contribution in [0.3, 0.4) is 0 Å². The molecule has 0 unspecified atom stereocenters. The number of nitrogens with one attached hydrogen (secondary N) is 2. The monoisotopic (exact) mass is 432 g/mol. The van der Waals surface area contributed by atoms with Gasteiger partial charge in [0.15, 0.2) is 12.4 Å². The van der Waals surface area contributed by atoms with Gasteiger partial charge in [0.05, 0.1) is 6.26 Å². The molecule has 7 nitrogen and oxygen atoms in total. The summed E-state index contributed by atoms with van der Waals surface area (Å²) in [5.41, 5.74) is 4.07. The number of carbonyl (C=O) groups excluding carboxylic acids is 3. The third kappa shape index (κ3) is 5.43. The van der Waals surface area contributed by atoms with Crippen LogP contribution in [0.4, 0.5) is 5.69 Å². The Morgan fingerprint density at radius 1 is 0.969 bits per heavy atom. The maximum atomic E-state index is 12.7. The molecule has 2 aromatic carbocycles. The summed E-state index contributed by atoms with van der Waals surface area (Å²) in [6.45, 7) is -0.447. The third-order valence-electron chi connectivity index (χ3n) is 5.35. The van der Waals surface area contributed by atoms with Crippen molar-refractivity contribution >= 4 is 23.5 Å². The summed E-state index contributed by atoms with van der Waals surface area (Å²) in [5.74, 6) is -1.58. The fraction of sp³-hybridized carbons (Fsp3) is 0.240. The van der Waals surface area contributed by atoms with Gasteiger partial charge in [-0.2, -0.15) is 0 Å². The molecule has 1 aromatic heterocycles. The number of hydrogen-bond donors (Lipinski definition) is 2. The van der Waals surface area contributed by atoms with Crippen LogP contribution in [0.25, 0.3) is 0 Å². The fourth-order valence-electron chi connectivity index (χ4n) is 3.76. The zero-order chi connectivity index (χ0) is 22.3. The minimum Gasteiger partial charge on any atom is -0.459 e. The first-order chi connectivity index (χ1) is 15.6. The predicted octanol–water partition coefficient (Wildman–Crippen LogP) is 3.29. The van der Waals surface area contributed by atoms with E-state index in [4.69, 9.17) is 9.15 Å². The number of carbonyl (C=O) groups is 3. The molecule has 4 rings (SSSR count). The van der Waals surface area contributed by atoms with Crippen molar-refractivity contribution in [3.63, 3.8) is 0 Å². The Hall–Kier alpha value is -3.87. The summed E-state index contributed by atoms with van der Waals surface area (Å²) >= 11 is 0. The Morgan fingerprint density at radius 2 is 1.78 bits per heavy atom. The number of anilines is 1. The van der Waals surface area contributed by atoms with Crippen LogP contribution < -0.4 is 10.6 Å². The Kier molecular flexibility index (Phi) is 6.65. The highest BCUT2D eigenvalue weighted by molar-refractivity contribution is 5.96. The van der Waals surface area contributed by atoms with E-state index in [0.29, 0.717) is 5.69 Å². The standard InChI is InChI=1S/C25H24N2O5/c28-23(26-20-12-11-18-8-4-9-19(18)15-20)16-32-25(30)21(14-17-6-2-1-3-7-17)27-24(29)22-10-5-13-31-22/h1-3,5-7,10-13,15,21H,4,8-9,14,16H2,(H,26,28)(H,27,29)/t21-/m0/s1. The van der Waals surface area contributed by atoms with Gasteiger partial charge in [-0.1, -0.05) is 36.4 Å². The number of esters is 1. The molecule has 2 N–H and O–H groups in total. The van der Waals surface area contributed by atoms with Crippen molar-refractivity contribution < 1.29 is 23.5 Å². The first kappa shape index (κ1) is 21.4. The number of fused-ring (bicyclic) bond motifs is 1. The second kappa shape index (κ2) is 9.96. The molecule has 1 aliphatic carbocycles. The van der Waals surface area contributed by atoms with E-state index in [9.17, 15) is 14.4 Å². The lowest BCUT2D eigenvalue weighted by molar-refractivity contribution is -0.149. The van der Waals surface area contributed by atoms with Gasteiger partial charge >= 0.3 is 5.97 Å². The van der Waals surface area contributed by atoms with Crippen molar-refractivity contribution in [1.29, 1.82) is 0 Å². The number of ether oxygens (including phenoxy) is 1. The topological polar surface area (TPSA) is 97.6 Å². The Labute approximate surface area is 185 Å². The molecular weight excluding hydrogens is 408 g/mol. The van der Waals surface area contributed by atoms with Crippen LogP contribution in [-0.4, -0.2) is 30.4 Å². The lowest BCUT2D eigenvalue weighted by Crippen LogP contribution is -2.44. The molecule has 7 heteroatoms. The normalized spacial score (nSPS) is 13.1. The zero-order valence-corrected chi connectivity index (χ0v) is 17.5. The molecule has 1 atom stereocenters. The maximum Gasteiger partial charge on any atom is 0.329 e. The fourth-order valence-corrected chi connectivity index (χ4v) is 3.76. The summed E-state index contributed by atoms with van der Waals surface area (Å²) in [6, 6.07) is 17.2. The van der Waals surface area contributed by atoms with Gasteiger partial charge in [-0.15, -0.1) is 0 Å². The minimum atomic E-state index is -0.970. The van der Waals surface area contributed by atoms with Crippen LogP contribution in [0.1, 0.15) is 33.7 Å². The zero-order valence-electron chi connectivity index (χ0n) is 17.5. The molecule has 0 saturated heterocycles. The quantitative estimate of drug-likeness (QED) is 0.533. The van der Waals surface area contributed by atoms with Gasteiger partial charge in [0.2, 0.25) is 0 Å². The molecule has 0 spiro atoms. The number of benzene rings is 2. The van der Waals surface area contributed by atoms with Crippen molar-refractivity contribution in [1.82, 2.24) is 5.32 Å². The molecular formula is C25H24N2O5. The molecule has 2 amide bonds. The number of amides is 2. The molecule has 164 valence electrons. The largest absolute Gasteiger partial charge is 0.459 e. The van der Waals surface area contributed by atoms with E-state index >= 15 is 0 Å². The summed E-state index contributed by atoms with van der Waals surface area (Å²) in [6.07, 6.45) is 4.79. The molecule has 0 radical (unpaired) electrons. The van der Waals surface area contributed by atoms with Gasteiger partial charge < -0.3 is 19.8 Å². The highest BCUT2D eigenvalue weighted by Crippen LogP contribution is 2.24. The van der Waals surface area contributed by atoms with E-state index in [-0.39, 0.29) is 12.2 Å². The number of hydrogen-bond acceptors (Lipinski definition) is 5. The van der Waals surface area contributed by atoms with Gasteiger partial charge in [-0.25, -0.2) is 4.79 Å². The Bertz CT molecular complexity index is 1090. The third-order valence-corrected chi connectivity index (χ3v) is 5.35. The summed E-state index contributed by atoms with van der Waals surface area (Å²) < 4.78 is 10.3. The van der Waals surface area contributed by atoms with Gasteiger partial charge in [-0.05, 0) is 60.2 Å². The maximum absolute atomic E-state index is 12.7. The van der Waals surface area contributed by atoms with E-state index < -0.39 is 30.4 Å². The average molecular weight is 432 g/mol. The Morgan fingerprint density at radius 3 is 2.56 bits per heavy atom. The molecule has 0 saturated carbocycles. The van der Waals surface area contributed by atoms with E-state index in [1.54, 1.807) is 6.07 Å². The lowest BCUT2D eigenvalue weighted by Gasteiger charge is -2.17. The molecule has 0 aliphatic heterocycles. The molecule has 32 heavy (non-hydrogen) atoms. The van der Waals surface area contributed by atoms with Gasteiger partial charge in [0.1, 0.15) is 6.04 Å². The van der Waals surface area contributed by atoms with Crippen molar-refractivity contribution in [2.24, 2.45) is 0 Å². The van der Waals surface area contributed by atoms with Crippen molar-refractivity contribution in [3.05, 3.63) is 89.4 Å². The van der Waals surface area contributed by atoms with E-state index in [0.717, 1.165) is 24.8 Å². The molecule has 3 aromatic rings. The number of furan rings is 1. The highest BCUT2D eigenvalue weighted by atomic mass is 16.5. The van der Waals surface area contributed by atoms with Crippen LogP contribution in [0.2, 0.25) is 0 Å². The van der Waals surface area contributed by atoms with Crippen LogP contribution in [0.5, 0.6) is 0 Å². The lowest BCUT2D eigenvalue weighted by atomic mass is 10.1. The number of aryl methyl sites for hydroxylation is 2. The van der Waals surface area contributed by atoms with Crippen LogP contribution in [0.15, 0.2) is 71.3 Å². The summed E-state index contributed by atoms with van der Waals surface area (Å²) in [5, 5.41) is 5.39. The highest BCUT2D eigenvalue weighted by Gasteiger charge is 2.25. The smallest absolute Gasteiger partial charge is 0.329 e. The average Bonchev–Trinajstić information content (AvgIpc) is 3.49. The van der Waals surface area contributed by atoms with Crippen LogP contribution in [-0.2, 0) is 33.6 Å². The van der Waals surface area contributed by atoms with Crippen LogP contribution in [0, 0.1) is 0 Å². The second-order valence-corrected chi connectivity index (χ2v) is 7.69. The van der Waals surface area contributed by atoms with E-state index in [1.807, 2.05) is 48.5 Å². The van der Waals surface area contributed by atoms with Crippen molar-refractivity contribution in [3.8, 4) is 0 Å². The Balaban J connectivity index is 1.36. The van der Waals surface area contributed by atoms with E-state index in [2.05, 4.69) is 10.6 Å². The van der Waals surface area contributed by atoms with Crippen molar-refractivity contribution in [2.75, 3.05) is 11.9 Å². The van der Waals surface area contributed by atoms with Gasteiger partial charge in [0, 0.05) is 12.1 Å². The first-order valence-corrected chi connectivity index (χ1v) is 10.5.